The number of aryl methyl sites for hydroxylation is 1. The topological polar surface area (TPSA) is 137 Å². The fraction of sp³-hybridized carbons (Fsp3) is 0.321. The molecule has 0 radical (unpaired) electrons. The van der Waals surface area contributed by atoms with Gasteiger partial charge in [-0.05, 0) is 66.8 Å². The standard InChI is InChI=1S/C28H28FN5O4S/c1-17-11-25(34-38-17)28(37)33-24(12-18-4-6-22(29)7-5-18)27(36)32-23(13-19-3-2-9-31-26(19)35)14-21(15-30)20-8-10-39-16-20/h4-8,10-11,14,16,19,23-24H,2-3,9,12-13H2,1H3,(H,31,35)(H,32,36)(H,33,37)/b21-14+/t19-,23-,24-/m0/s1. The lowest BCUT2D eigenvalue weighted by atomic mass is 9.90. The first kappa shape index (κ1) is 27.7. The molecule has 1 fully saturated rings. The minimum Gasteiger partial charge on any atom is -0.361 e. The van der Waals surface area contributed by atoms with Crippen molar-refractivity contribution in [3.05, 3.63) is 81.6 Å². The van der Waals surface area contributed by atoms with Crippen molar-refractivity contribution in [3.8, 4) is 6.07 Å². The first-order valence-electron chi connectivity index (χ1n) is 12.5. The van der Waals surface area contributed by atoms with Crippen LogP contribution in [0.2, 0.25) is 0 Å². The Bertz CT molecular complexity index is 1380. The van der Waals surface area contributed by atoms with E-state index in [0.717, 1.165) is 6.42 Å². The molecule has 3 aromatic rings. The van der Waals surface area contributed by atoms with Gasteiger partial charge in [-0.1, -0.05) is 17.3 Å². The Balaban J connectivity index is 1.59. The largest absolute Gasteiger partial charge is 0.361 e. The number of hydrogen-bond donors (Lipinski definition) is 3. The Morgan fingerprint density at radius 3 is 2.74 bits per heavy atom. The Kier molecular flexibility index (Phi) is 9.22. The summed E-state index contributed by atoms with van der Waals surface area (Å²) in [5, 5.41) is 25.7. The maximum absolute atomic E-state index is 13.6. The molecule has 9 nitrogen and oxygen atoms in total. The molecule has 0 unspecified atom stereocenters. The molecular formula is C28H28FN5O4S. The number of nitriles is 1. The van der Waals surface area contributed by atoms with Crippen LogP contribution >= 0.6 is 11.3 Å². The zero-order valence-corrected chi connectivity index (χ0v) is 22.1. The zero-order valence-electron chi connectivity index (χ0n) is 21.3. The molecule has 0 bridgehead atoms. The number of hydrogen-bond acceptors (Lipinski definition) is 7. The van der Waals surface area contributed by atoms with Crippen molar-refractivity contribution in [2.24, 2.45) is 5.92 Å². The average molecular weight is 550 g/mol. The molecule has 202 valence electrons. The first-order chi connectivity index (χ1) is 18.8. The lowest BCUT2D eigenvalue weighted by Crippen LogP contribution is -2.51. The lowest BCUT2D eigenvalue weighted by molar-refractivity contribution is -0.128. The van der Waals surface area contributed by atoms with Crippen LogP contribution in [0.1, 0.15) is 46.6 Å². The number of carbonyl (C=O) groups is 3. The highest BCUT2D eigenvalue weighted by Crippen LogP contribution is 2.22. The second-order valence-corrected chi connectivity index (χ2v) is 10.1. The van der Waals surface area contributed by atoms with E-state index in [-0.39, 0.29) is 30.4 Å². The van der Waals surface area contributed by atoms with Gasteiger partial charge in [0.05, 0.1) is 11.6 Å². The zero-order chi connectivity index (χ0) is 27.8. The van der Waals surface area contributed by atoms with Gasteiger partial charge < -0.3 is 20.5 Å². The Morgan fingerprint density at radius 1 is 1.31 bits per heavy atom. The molecule has 3 amide bonds. The smallest absolute Gasteiger partial charge is 0.274 e. The quantitative estimate of drug-likeness (QED) is 0.331. The maximum atomic E-state index is 13.6. The Labute approximate surface area is 229 Å². The van der Waals surface area contributed by atoms with Crippen molar-refractivity contribution in [1.82, 2.24) is 21.1 Å². The molecule has 1 aliphatic heterocycles. The van der Waals surface area contributed by atoms with Gasteiger partial charge in [-0.2, -0.15) is 16.6 Å². The highest BCUT2D eigenvalue weighted by atomic mass is 32.1. The van der Waals surface area contributed by atoms with E-state index in [1.54, 1.807) is 13.0 Å². The SMILES string of the molecule is Cc1cc(C(=O)N[C@@H](Cc2ccc(F)cc2)C(=O)N[C@H](/C=C(\C#N)c2ccsc2)C[C@@H]2CCCNC2=O)no1. The summed E-state index contributed by atoms with van der Waals surface area (Å²) in [6, 6.07) is 9.36. The molecule has 3 atom stereocenters. The summed E-state index contributed by atoms with van der Waals surface area (Å²) in [7, 11) is 0. The van der Waals surface area contributed by atoms with E-state index in [1.165, 1.54) is 41.7 Å². The van der Waals surface area contributed by atoms with Crippen LogP contribution in [-0.2, 0) is 16.0 Å². The number of halogens is 1. The predicted octanol–water partition coefficient (Wildman–Crippen LogP) is 3.53. The number of amides is 3. The summed E-state index contributed by atoms with van der Waals surface area (Å²) >= 11 is 1.44. The molecule has 3 N–H and O–H groups in total. The highest BCUT2D eigenvalue weighted by molar-refractivity contribution is 7.08. The van der Waals surface area contributed by atoms with Gasteiger partial charge in [-0.3, -0.25) is 14.4 Å². The summed E-state index contributed by atoms with van der Waals surface area (Å²) < 4.78 is 18.5. The van der Waals surface area contributed by atoms with E-state index in [4.69, 9.17) is 4.52 Å². The van der Waals surface area contributed by atoms with Gasteiger partial charge in [0.2, 0.25) is 11.8 Å². The number of allylic oxidation sites excluding steroid dienone is 1. The van der Waals surface area contributed by atoms with E-state index in [1.807, 2.05) is 16.8 Å². The van der Waals surface area contributed by atoms with E-state index in [9.17, 15) is 24.0 Å². The molecule has 0 aliphatic carbocycles. The van der Waals surface area contributed by atoms with Crippen LogP contribution < -0.4 is 16.0 Å². The van der Waals surface area contributed by atoms with E-state index in [2.05, 4.69) is 27.2 Å². The predicted molar refractivity (Wildman–Crippen MR) is 143 cm³/mol. The van der Waals surface area contributed by atoms with Gasteiger partial charge in [-0.15, -0.1) is 0 Å². The molecule has 1 aromatic carbocycles. The molecule has 11 heteroatoms. The molecule has 0 saturated carbocycles. The number of nitrogens with one attached hydrogen (secondary N) is 3. The third-order valence-corrected chi connectivity index (χ3v) is 7.10. The van der Waals surface area contributed by atoms with Crippen LogP contribution in [0.15, 0.2) is 57.8 Å². The van der Waals surface area contributed by atoms with Crippen molar-refractivity contribution in [2.45, 2.75) is 44.7 Å². The van der Waals surface area contributed by atoms with Crippen LogP contribution in [0.25, 0.3) is 5.57 Å². The van der Waals surface area contributed by atoms with Gasteiger partial charge in [0.1, 0.15) is 17.6 Å². The first-order valence-corrected chi connectivity index (χ1v) is 13.5. The van der Waals surface area contributed by atoms with Crippen molar-refractivity contribution >= 4 is 34.6 Å². The van der Waals surface area contributed by atoms with E-state index >= 15 is 0 Å². The molecule has 1 aliphatic rings. The van der Waals surface area contributed by atoms with Gasteiger partial charge in [0.25, 0.3) is 5.91 Å². The maximum Gasteiger partial charge on any atom is 0.274 e. The molecule has 0 spiro atoms. The van der Waals surface area contributed by atoms with Crippen molar-refractivity contribution in [3.63, 3.8) is 0 Å². The number of thiophene rings is 1. The van der Waals surface area contributed by atoms with Crippen molar-refractivity contribution in [1.29, 1.82) is 5.26 Å². The van der Waals surface area contributed by atoms with E-state index in [0.29, 0.717) is 35.4 Å². The highest BCUT2D eigenvalue weighted by Gasteiger charge is 2.29. The van der Waals surface area contributed by atoms with Crippen LogP contribution in [0.4, 0.5) is 4.39 Å². The number of benzene rings is 1. The number of carbonyl (C=O) groups excluding carboxylic acids is 3. The Hall–Kier alpha value is -4.30. The molecule has 4 rings (SSSR count). The fourth-order valence-electron chi connectivity index (χ4n) is 4.41. The number of nitrogens with zero attached hydrogens (tertiary/aromatic N) is 2. The van der Waals surface area contributed by atoms with Crippen LogP contribution in [0.3, 0.4) is 0 Å². The average Bonchev–Trinajstić information content (AvgIpc) is 3.61. The van der Waals surface area contributed by atoms with Crippen LogP contribution in [0.5, 0.6) is 0 Å². The van der Waals surface area contributed by atoms with Gasteiger partial charge in [0.15, 0.2) is 5.69 Å². The molecule has 1 saturated heterocycles. The summed E-state index contributed by atoms with van der Waals surface area (Å²) in [5.41, 5.74) is 1.73. The molecule has 2 aromatic heterocycles. The number of aromatic nitrogens is 1. The van der Waals surface area contributed by atoms with Crippen LogP contribution in [-0.4, -0.2) is 41.5 Å². The minimum absolute atomic E-state index is 0.0175. The number of rotatable bonds is 10. The third-order valence-electron chi connectivity index (χ3n) is 6.42. The van der Waals surface area contributed by atoms with Gasteiger partial charge in [0, 0.05) is 36.6 Å². The summed E-state index contributed by atoms with van der Waals surface area (Å²) in [4.78, 5) is 39.0. The third kappa shape index (κ3) is 7.61. The van der Waals surface area contributed by atoms with Crippen molar-refractivity contribution in [2.75, 3.05) is 6.54 Å². The van der Waals surface area contributed by atoms with Crippen LogP contribution in [0, 0.1) is 30.0 Å². The monoisotopic (exact) mass is 549 g/mol. The van der Waals surface area contributed by atoms with Gasteiger partial charge >= 0.3 is 0 Å². The minimum atomic E-state index is -1.05. The second kappa shape index (κ2) is 13.0. The second-order valence-electron chi connectivity index (χ2n) is 9.36. The van der Waals surface area contributed by atoms with Crippen molar-refractivity contribution < 1.29 is 23.3 Å². The summed E-state index contributed by atoms with van der Waals surface area (Å²) in [6.45, 7) is 2.25. The lowest BCUT2D eigenvalue weighted by Gasteiger charge is -2.27. The number of piperidine rings is 1. The molecular weight excluding hydrogens is 521 g/mol. The fourth-order valence-corrected chi connectivity index (χ4v) is 5.06. The summed E-state index contributed by atoms with van der Waals surface area (Å²) in [6.07, 6.45) is 3.49. The van der Waals surface area contributed by atoms with E-state index < -0.39 is 29.7 Å². The normalized spacial score (nSPS) is 17.0. The van der Waals surface area contributed by atoms with Gasteiger partial charge in [-0.25, -0.2) is 4.39 Å². The molecule has 3 heterocycles. The molecule has 39 heavy (non-hydrogen) atoms. The summed E-state index contributed by atoms with van der Waals surface area (Å²) in [5.74, 6) is -1.55. The Morgan fingerprint density at radius 2 is 2.10 bits per heavy atom.